The summed E-state index contributed by atoms with van der Waals surface area (Å²) in [7, 11) is 1.26. The Kier molecular flexibility index (Phi) is 6.94. The quantitative estimate of drug-likeness (QED) is 0.520. The highest BCUT2D eigenvalue weighted by atomic mass is 79.9. The number of nitrogens with zero attached hydrogens (tertiary/aromatic N) is 2. The first-order chi connectivity index (χ1) is 14.4. The van der Waals surface area contributed by atoms with E-state index in [9.17, 15) is 14.0 Å². The Labute approximate surface area is 180 Å². The molecule has 1 heterocycles. The van der Waals surface area contributed by atoms with Gasteiger partial charge in [0.15, 0.2) is 6.04 Å². The van der Waals surface area contributed by atoms with Crippen molar-refractivity contribution in [1.29, 1.82) is 0 Å². The van der Waals surface area contributed by atoms with E-state index in [0.717, 1.165) is 4.47 Å². The second kappa shape index (κ2) is 9.62. The summed E-state index contributed by atoms with van der Waals surface area (Å²) < 4.78 is 24.2. The maximum atomic E-state index is 13.4. The smallest absolute Gasteiger partial charge is 0.333 e. The molecule has 0 aliphatic rings. The van der Waals surface area contributed by atoms with E-state index < -0.39 is 12.0 Å². The van der Waals surface area contributed by atoms with Crippen LogP contribution in [0, 0.1) is 12.7 Å². The van der Waals surface area contributed by atoms with E-state index in [1.54, 1.807) is 43.3 Å². The van der Waals surface area contributed by atoms with Crippen molar-refractivity contribution in [3.8, 4) is 11.4 Å². The second-order valence-corrected chi connectivity index (χ2v) is 7.47. The summed E-state index contributed by atoms with van der Waals surface area (Å²) in [6.07, 6.45) is 0.224. The molecule has 0 bridgehead atoms. The van der Waals surface area contributed by atoms with Crippen molar-refractivity contribution in [1.82, 2.24) is 15.5 Å². The van der Waals surface area contributed by atoms with Crippen LogP contribution in [0.4, 0.5) is 4.39 Å². The Morgan fingerprint density at radius 1 is 1.23 bits per heavy atom. The van der Waals surface area contributed by atoms with Gasteiger partial charge in [-0.05, 0) is 48.4 Å². The molecule has 156 valence electrons. The molecule has 0 aliphatic carbocycles. The third-order valence-electron chi connectivity index (χ3n) is 4.40. The van der Waals surface area contributed by atoms with Crippen molar-refractivity contribution in [3.63, 3.8) is 0 Å². The minimum atomic E-state index is -0.920. The number of hydrogen-bond acceptors (Lipinski definition) is 6. The molecule has 2 aromatic carbocycles. The van der Waals surface area contributed by atoms with Crippen molar-refractivity contribution in [2.75, 3.05) is 7.11 Å². The minimum absolute atomic E-state index is 0.0358. The monoisotopic (exact) mass is 475 g/mol. The van der Waals surface area contributed by atoms with Gasteiger partial charge in [0.1, 0.15) is 5.82 Å². The summed E-state index contributed by atoms with van der Waals surface area (Å²) >= 11 is 3.33. The van der Waals surface area contributed by atoms with Gasteiger partial charge in [-0.15, -0.1) is 0 Å². The fourth-order valence-electron chi connectivity index (χ4n) is 2.76. The van der Waals surface area contributed by atoms with Crippen LogP contribution in [0.1, 0.15) is 29.5 Å². The molecule has 1 N–H and O–H groups in total. The summed E-state index contributed by atoms with van der Waals surface area (Å²) in [4.78, 5) is 28.7. The van der Waals surface area contributed by atoms with Gasteiger partial charge in [-0.25, -0.2) is 9.18 Å². The highest BCUT2D eigenvalue weighted by Gasteiger charge is 2.23. The normalized spacial score (nSPS) is 11.7. The average Bonchev–Trinajstić information content (AvgIpc) is 3.22. The van der Waals surface area contributed by atoms with Crippen molar-refractivity contribution >= 4 is 27.8 Å². The highest BCUT2D eigenvalue weighted by molar-refractivity contribution is 9.10. The number of methoxy groups -OCH3 is 1. The van der Waals surface area contributed by atoms with Crippen LogP contribution in [0.2, 0.25) is 0 Å². The number of carbonyl (C=O) groups excluding carboxylic acids is 2. The van der Waals surface area contributed by atoms with E-state index in [4.69, 9.17) is 9.26 Å². The molecule has 1 unspecified atom stereocenters. The predicted octanol–water partition coefficient (Wildman–Crippen LogP) is 3.91. The standard InChI is InChI=1S/C21H19BrFN3O4/c1-12-11-14(5-8-16(12)23)20-25-18(30-26-20)10-9-17(27)24-19(21(28)29-2)13-3-6-15(22)7-4-13/h3-8,11,19H,9-10H2,1-2H3,(H,24,27). The molecule has 0 spiro atoms. The Morgan fingerprint density at radius 3 is 2.63 bits per heavy atom. The number of hydrogen-bond donors (Lipinski definition) is 1. The second-order valence-electron chi connectivity index (χ2n) is 6.55. The first-order valence-electron chi connectivity index (χ1n) is 9.09. The number of ether oxygens (including phenoxy) is 1. The van der Waals surface area contributed by atoms with Gasteiger partial charge in [-0.3, -0.25) is 4.79 Å². The molecule has 3 aromatic rings. The maximum Gasteiger partial charge on any atom is 0.333 e. The number of carbonyl (C=O) groups is 2. The van der Waals surface area contributed by atoms with Gasteiger partial charge in [0.05, 0.1) is 7.11 Å². The predicted molar refractivity (Wildman–Crippen MR) is 110 cm³/mol. The van der Waals surface area contributed by atoms with Crippen LogP contribution in [0.5, 0.6) is 0 Å². The number of rotatable bonds is 7. The van der Waals surface area contributed by atoms with E-state index in [2.05, 4.69) is 31.4 Å². The number of nitrogens with one attached hydrogen (secondary N) is 1. The summed E-state index contributed by atoms with van der Waals surface area (Å²) in [6, 6.07) is 10.6. The Hall–Kier alpha value is -3.07. The molecule has 7 nitrogen and oxygen atoms in total. The van der Waals surface area contributed by atoms with Crippen LogP contribution in [0.25, 0.3) is 11.4 Å². The molecule has 0 saturated heterocycles. The molecule has 3 rings (SSSR count). The fourth-order valence-corrected chi connectivity index (χ4v) is 3.03. The van der Waals surface area contributed by atoms with Gasteiger partial charge in [0, 0.05) is 22.9 Å². The lowest BCUT2D eigenvalue weighted by molar-refractivity contribution is -0.145. The zero-order chi connectivity index (χ0) is 21.7. The van der Waals surface area contributed by atoms with E-state index in [1.807, 2.05) is 0 Å². The van der Waals surface area contributed by atoms with Crippen LogP contribution in [-0.4, -0.2) is 29.1 Å². The van der Waals surface area contributed by atoms with E-state index in [0.29, 0.717) is 22.5 Å². The van der Waals surface area contributed by atoms with Crippen LogP contribution >= 0.6 is 15.9 Å². The molecule has 0 saturated carbocycles. The summed E-state index contributed by atoms with van der Waals surface area (Å²) in [5, 5.41) is 6.54. The molecule has 1 amide bonds. The largest absolute Gasteiger partial charge is 0.467 e. The molecule has 1 aromatic heterocycles. The molecule has 30 heavy (non-hydrogen) atoms. The number of benzene rings is 2. The van der Waals surface area contributed by atoms with Crippen LogP contribution in [0.15, 0.2) is 51.5 Å². The van der Waals surface area contributed by atoms with Crippen molar-refractivity contribution in [3.05, 3.63) is 69.8 Å². The fraction of sp³-hybridized carbons (Fsp3) is 0.238. The minimum Gasteiger partial charge on any atom is -0.467 e. The van der Waals surface area contributed by atoms with E-state index in [-0.39, 0.29) is 30.5 Å². The molecular formula is C21H19BrFN3O4. The highest BCUT2D eigenvalue weighted by Crippen LogP contribution is 2.20. The van der Waals surface area contributed by atoms with Gasteiger partial charge in [-0.1, -0.05) is 33.2 Å². The molecule has 0 fully saturated rings. The van der Waals surface area contributed by atoms with Gasteiger partial charge >= 0.3 is 5.97 Å². The summed E-state index contributed by atoms with van der Waals surface area (Å²) in [5.74, 6) is -0.676. The lowest BCUT2D eigenvalue weighted by Crippen LogP contribution is -2.34. The van der Waals surface area contributed by atoms with Crippen molar-refractivity contribution < 1.29 is 23.2 Å². The Bertz CT molecular complexity index is 1050. The van der Waals surface area contributed by atoms with Crippen LogP contribution in [0.3, 0.4) is 0 Å². The number of aryl methyl sites for hydroxylation is 2. The van der Waals surface area contributed by atoms with Gasteiger partial charge in [-0.2, -0.15) is 4.98 Å². The van der Waals surface area contributed by atoms with E-state index in [1.165, 1.54) is 13.2 Å². The van der Waals surface area contributed by atoms with Gasteiger partial charge in [0.25, 0.3) is 0 Å². The van der Waals surface area contributed by atoms with Gasteiger partial charge < -0.3 is 14.6 Å². The van der Waals surface area contributed by atoms with Gasteiger partial charge in [0.2, 0.25) is 17.6 Å². The first kappa shape index (κ1) is 21.6. The zero-order valence-electron chi connectivity index (χ0n) is 16.3. The maximum absolute atomic E-state index is 13.4. The number of esters is 1. The lowest BCUT2D eigenvalue weighted by Gasteiger charge is -2.16. The topological polar surface area (TPSA) is 94.3 Å². The Balaban J connectivity index is 1.63. The summed E-state index contributed by atoms with van der Waals surface area (Å²) in [6.45, 7) is 1.65. The third-order valence-corrected chi connectivity index (χ3v) is 4.92. The molecule has 9 heteroatoms. The average molecular weight is 476 g/mol. The molecule has 0 aliphatic heterocycles. The van der Waals surface area contributed by atoms with Crippen LogP contribution in [-0.2, 0) is 20.7 Å². The molecular weight excluding hydrogens is 457 g/mol. The lowest BCUT2D eigenvalue weighted by atomic mass is 10.1. The van der Waals surface area contributed by atoms with Crippen molar-refractivity contribution in [2.45, 2.75) is 25.8 Å². The third kappa shape index (κ3) is 5.29. The number of halogens is 2. The van der Waals surface area contributed by atoms with Crippen molar-refractivity contribution in [2.24, 2.45) is 0 Å². The van der Waals surface area contributed by atoms with Crippen LogP contribution < -0.4 is 5.32 Å². The number of amides is 1. The molecule has 1 atom stereocenters. The Morgan fingerprint density at radius 2 is 1.97 bits per heavy atom. The number of aromatic nitrogens is 2. The summed E-state index contributed by atoms with van der Waals surface area (Å²) in [5.41, 5.74) is 1.69. The first-order valence-corrected chi connectivity index (χ1v) is 9.88. The SMILES string of the molecule is COC(=O)C(NC(=O)CCc1nc(-c2ccc(F)c(C)c2)no1)c1ccc(Br)cc1. The molecule has 0 radical (unpaired) electrons. The zero-order valence-corrected chi connectivity index (χ0v) is 17.9. The van der Waals surface area contributed by atoms with E-state index >= 15 is 0 Å².